The van der Waals surface area contributed by atoms with E-state index in [1.807, 2.05) is 4.90 Å². The van der Waals surface area contributed by atoms with Gasteiger partial charge in [0.1, 0.15) is 0 Å². The number of thioether (sulfide) groups is 1. The molecule has 0 saturated heterocycles. The van der Waals surface area contributed by atoms with Crippen molar-refractivity contribution >= 4 is 23.6 Å². The second-order valence-corrected chi connectivity index (χ2v) is 5.86. The van der Waals surface area contributed by atoms with E-state index >= 15 is 0 Å². The Kier molecular flexibility index (Phi) is 7.90. The maximum absolute atomic E-state index is 12.1. The molecule has 4 nitrogen and oxygen atoms in total. The van der Waals surface area contributed by atoms with Crippen molar-refractivity contribution in [2.45, 2.75) is 32.4 Å². The van der Waals surface area contributed by atoms with Crippen molar-refractivity contribution in [1.82, 2.24) is 4.90 Å². The highest BCUT2D eigenvalue weighted by Gasteiger charge is 2.11. The lowest BCUT2D eigenvalue weighted by atomic mass is 10.1. The van der Waals surface area contributed by atoms with Crippen LogP contribution in [-0.2, 0) is 10.5 Å². The van der Waals surface area contributed by atoms with Gasteiger partial charge in [0, 0.05) is 18.8 Å². The fraction of sp³-hybridized carbons (Fsp3) is 0.500. The minimum Gasteiger partial charge on any atom is -0.478 e. The molecule has 0 aliphatic rings. The second-order valence-electron chi connectivity index (χ2n) is 4.88. The maximum atomic E-state index is 12.1. The monoisotopic (exact) mass is 309 g/mol. The van der Waals surface area contributed by atoms with Crippen molar-refractivity contribution in [1.29, 1.82) is 0 Å². The normalized spacial score (nSPS) is 10.4. The average molecular weight is 309 g/mol. The molecular formula is C16H23NO3S. The van der Waals surface area contributed by atoms with E-state index in [0.717, 1.165) is 37.2 Å². The number of carbonyl (C=O) groups excluding carboxylic acids is 1. The molecule has 1 N–H and O–H groups in total. The minimum absolute atomic E-state index is 0.186. The third kappa shape index (κ3) is 6.21. The molecule has 1 amide bonds. The highest BCUT2D eigenvalue weighted by atomic mass is 32.2. The maximum Gasteiger partial charge on any atom is 0.335 e. The molecule has 0 aromatic heterocycles. The fourth-order valence-electron chi connectivity index (χ4n) is 1.99. The SMILES string of the molecule is CCCN(CCC)C(=O)CSCc1ccc(C(=O)O)cc1. The van der Waals surface area contributed by atoms with Gasteiger partial charge in [-0.15, -0.1) is 11.8 Å². The van der Waals surface area contributed by atoms with Gasteiger partial charge in [-0.1, -0.05) is 26.0 Å². The molecule has 0 saturated carbocycles. The molecule has 0 unspecified atom stereocenters. The Balaban J connectivity index is 2.41. The van der Waals surface area contributed by atoms with Crippen LogP contribution < -0.4 is 0 Å². The van der Waals surface area contributed by atoms with Gasteiger partial charge in [0.25, 0.3) is 0 Å². The van der Waals surface area contributed by atoms with Crippen LogP contribution in [-0.4, -0.2) is 40.7 Å². The van der Waals surface area contributed by atoms with E-state index in [2.05, 4.69) is 13.8 Å². The van der Waals surface area contributed by atoms with Crippen molar-refractivity contribution in [2.24, 2.45) is 0 Å². The highest BCUT2D eigenvalue weighted by Crippen LogP contribution is 2.14. The zero-order valence-electron chi connectivity index (χ0n) is 12.7. The molecule has 0 aliphatic carbocycles. The summed E-state index contributed by atoms with van der Waals surface area (Å²) in [5.41, 5.74) is 1.33. The van der Waals surface area contributed by atoms with E-state index in [-0.39, 0.29) is 11.5 Å². The summed E-state index contributed by atoms with van der Waals surface area (Å²) in [4.78, 5) is 24.8. The molecule has 1 rings (SSSR count). The van der Waals surface area contributed by atoms with Crippen LogP contribution in [0.4, 0.5) is 0 Å². The summed E-state index contributed by atoms with van der Waals surface area (Å²) in [6, 6.07) is 6.80. The van der Waals surface area contributed by atoms with Crippen LogP contribution in [0.15, 0.2) is 24.3 Å². The summed E-state index contributed by atoms with van der Waals surface area (Å²) in [5.74, 6) is 0.461. The number of carboxylic acid groups (broad SMARTS) is 1. The van der Waals surface area contributed by atoms with Crippen molar-refractivity contribution < 1.29 is 14.7 Å². The largest absolute Gasteiger partial charge is 0.478 e. The summed E-state index contributed by atoms with van der Waals surface area (Å²) in [6.45, 7) is 5.79. The van der Waals surface area contributed by atoms with Crippen LogP contribution in [0.3, 0.4) is 0 Å². The van der Waals surface area contributed by atoms with Gasteiger partial charge in [0.2, 0.25) is 5.91 Å². The number of carboxylic acids is 1. The molecule has 0 fully saturated rings. The molecule has 0 heterocycles. The lowest BCUT2D eigenvalue weighted by molar-refractivity contribution is -0.128. The highest BCUT2D eigenvalue weighted by molar-refractivity contribution is 7.99. The van der Waals surface area contributed by atoms with Gasteiger partial charge in [0.05, 0.1) is 11.3 Å². The van der Waals surface area contributed by atoms with Crippen molar-refractivity contribution in [3.63, 3.8) is 0 Å². The number of benzene rings is 1. The Hall–Kier alpha value is -1.49. The molecule has 0 aliphatic heterocycles. The van der Waals surface area contributed by atoms with E-state index < -0.39 is 5.97 Å². The summed E-state index contributed by atoms with van der Waals surface area (Å²) in [6.07, 6.45) is 1.96. The van der Waals surface area contributed by atoms with Gasteiger partial charge in [-0.2, -0.15) is 0 Å². The van der Waals surface area contributed by atoms with Gasteiger partial charge in [0.15, 0.2) is 0 Å². The molecular weight excluding hydrogens is 286 g/mol. The Morgan fingerprint density at radius 2 is 1.67 bits per heavy atom. The van der Waals surface area contributed by atoms with Crippen LogP contribution in [0, 0.1) is 0 Å². The van der Waals surface area contributed by atoms with Crippen LogP contribution in [0.2, 0.25) is 0 Å². The topological polar surface area (TPSA) is 57.6 Å². The minimum atomic E-state index is -0.917. The first kappa shape index (κ1) is 17.6. The number of carbonyl (C=O) groups is 2. The first-order valence-corrected chi connectivity index (χ1v) is 8.41. The predicted octanol–water partition coefficient (Wildman–Crippen LogP) is 3.27. The van der Waals surface area contributed by atoms with Crippen LogP contribution in [0.25, 0.3) is 0 Å². The molecule has 116 valence electrons. The first-order valence-electron chi connectivity index (χ1n) is 7.26. The molecule has 1 aromatic rings. The van der Waals surface area contributed by atoms with Crippen molar-refractivity contribution in [3.8, 4) is 0 Å². The number of nitrogens with zero attached hydrogens (tertiary/aromatic N) is 1. The lowest BCUT2D eigenvalue weighted by Gasteiger charge is -2.21. The van der Waals surface area contributed by atoms with Gasteiger partial charge in [-0.25, -0.2) is 4.79 Å². The van der Waals surface area contributed by atoms with Crippen molar-refractivity contribution in [3.05, 3.63) is 35.4 Å². The van der Waals surface area contributed by atoms with Crippen LogP contribution in [0.1, 0.15) is 42.6 Å². The molecule has 1 aromatic carbocycles. The lowest BCUT2D eigenvalue weighted by Crippen LogP contribution is -2.33. The van der Waals surface area contributed by atoms with Crippen LogP contribution in [0.5, 0.6) is 0 Å². The van der Waals surface area contributed by atoms with Gasteiger partial charge in [-0.05, 0) is 30.5 Å². The summed E-state index contributed by atoms with van der Waals surface area (Å²) >= 11 is 1.57. The molecule has 21 heavy (non-hydrogen) atoms. The quantitative estimate of drug-likeness (QED) is 0.760. The molecule has 0 atom stereocenters. The fourth-order valence-corrected chi connectivity index (χ4v) is 2.88. The Labute approximate surface area is 130 Å². The molecule has 0 radical (unpaired) electrons. The number of amides is 1. The number of aromatic carboxylic acids is 1. The van der Waals surface area contributed by atoms with E-state index in [1.54, 1.807) is 36.0 Å². The van der Waals surface area contributed by atoms with Crippen LogP contribution >= 0.6 is 11.8 Å². The predicted molar refractivity (Wildman–Crippen MR) is 86.7 cm³/mol. The van der Waals surface area contributed by atoms with Gasteiger partial charge < -0.3 is 10.0 Å². The van der Waals surface area contributed by atoms with E-state index in [0.29, 0.717) is 5.75 Å². The smallest absolute Gasteiger partial charge is 0.335 e. The Morgan fingerprint density at radius 3 is 2.14 bits per heavy atom. The Morgan fingerprint density at radius 1 is 1.10 bits per heavy atom. The van der Waals surface area contributed by atoms with E-state index in [1.165, 1.54) is 0 Å². The van der Waals surface area contributed by atoms with Crippen molar-refractivity contribution in [2.75, 3.05) is 18.8 Å². The molecule has 0 bridgehead atoms. The number of hydrogen-bond donors (Lipinski definition) is 1. The zero-order valence-corrected chi connectivity index (χ0v) is 13.5. The third-order valence-electron chi connectivity index (χ3n) is 3.03. The summed E-state index contributed by atoms with van der Waals surface area (Å²) < 4.78 is 0. The summed E-state index contributed by atoms with van der Waals surface area (Å²) in [7, 11) is 0. The zero-order chi connectivity index (χ0) is 15.7. The van der Waals surface area contributed by atoms with Gasteiger partial charge in [-0.3, -0.25) is 4.79 Å². The number of rotatable bonds is 9. The van der Waals surface area contributed by atoms with E-state index in [9.17, 15) is 9.59 Å². The number of hydrogen-bond acceptors (Lipinski definition) is 3. The third-order valence-corrected chi connectivity index (χ3v) is 4.02. The standard InChI is InChI=1S/C16H23NO3S/c1-3-9-17(10-4-2)15(18)12-21-11-13-5-7-14(8-6-13)16(19)20/h5-8H,3-4,9-12H2,1-2H3,(H,19,20). The second kappa shape index (κ2) is 9.45. The average Bonchev–Trinajstić information content (AvgIpc) is 2.47. The Bertz CT molecular complexity index is 453. The first-order chi connectivity index (χ1) is 10.1. The molecule has 5 heteroatoms. The summed E-state index contributed by atoms with van der Waals surface area (Å²) in [5, 5.41) is 8.83. The van der Waals surface area contributed by atoms with Gasteiger partial charge >= 0.3 is 5.97 Å². The van der Waals surface area contributed by atoms with E-state index in [4.69, 9.17) is 5.11 Å². The molecule has 0 spiro atoms.